The first-order valence-corrected chi connectivity index (χ1v) is 10.5. The fraction of sp³-hybridized carbons (Fsp3) is 0.435. The van der Waals surface area contributed by atoms with Gasteiger partial charge in [0.2, 0.25) is 5.82 Å². The van der Waals surface area contributed by atoms with Gasteiger partial charge in [0.05, 0.1) is 30.3 Å². The van der Waals surface area contributed by atoms with E-state index in [4.69, 9.17) is 9.47 Å². The highest BCUT2D eigenvalue weighted by Gasteiger charge is 2.38. The normalized spacial score (nSPS) is 13.1. The Morgan fingerprint density at radius 1 is 1.09 bits per heavy atom. The fourth-order valence-corrected chi connectivity index (χ4v) is 3.54. The van der Waals surface area contributed by atoms with E-state index in [1.165, 1.54) is 6.07 Å². The van der Waals surface area contributed by atoms with Gasteiger partial charge in [0.25, 0.3) is 0 Å². The molecule has 0 aliphatic heterocycles. The third kappa shape index (κ3) is 6.44. The smallest absolute Gasteiger partial charge is 0.449 e. The van der Waals surface area contributed by atoms with Gasteiger partial charge in [0, 0.05) is 19.7 Å². The average Bonchev–Trinajstić information content (AvgIpc) is 3.11. The molecule has 0 aliphatic carbocycles. The van der Waals surface area contributed by atoms with Crippen molar-refractivity contribution in [3.63, 3.8) is 0 Å². The summed E-state index contributed by atoms with van der Waals surface area (Å²) in [6, 6.07) is 14.0. The third-order valence-corrected chi connectivity index (χ3v) is 4.90. The molecule has 0 radical (unpaired) electrons. The number of aromatic nitrogens is 2. The van der Waals surface area contributed by atoms with Crippen LogP contribution in [0.3, 0.4) is 0 Å². The highest BCUT2D eigenvalue weighted by Crippen LogP contribution is 2.31. The summed E-state index contributed by atoms with van der Waals surface area (Å²) < 4.78 is 52.2. The molecule has 0 aliphatic rings. The summed E-state index contributed by atoms with van der Waals surface area (Å²) in [5, 5.41) is 10.5. The predicted octanol–water partition coefficient (Wildman–Crippen LogP) is 3.96. The Labute approximate surface area is 185 Å². The van der Waals surface area contributed by atoms with Gasteiger partial charge >= 0.3 is 6.18 Å². The van der Waals surface area contributed by atoms with Crippen LogP contribution >= 0.6 is 0 Å². The van der Waals surface area contributed by atoms with Gasteiger partial charge in [-0.1, -0.05) is 24.3 Å². The highest BCUT2D eigenvalue weighted by atomic mass is 19.4. The van der Waals surface area contributed by atoms with E-state index in [0.29, 0.717) is 31.9 Å². The van der Waals surface area contributed by atoms with E-state index in [9.17, 15) is 18.3 Å². The van der Waals surface area contributed by atoms with E-state index < -0.39 is 18.1 Å². The Hall–Kier alpha value is -2.62. The molecule has 9 heteroatoms. The molecule has 0 spiro atoms. The van der Waals surface area contributed by atoms with Gasteiger partial charge < -0.3 is 19.1 Å². The minimum Gasteiger partial charge on any atom is -0.491 e. The maximum atomic E-state index is 13.4. The molecule has 1 atom stereocenters. The maximum absolute atomic E-state index is 13.4. The predicted molar refractivity (Wildman–Crippen MR) is 116 cm³/mol. The molecular formula is C23H28F3N3O3. The van der Waals surface area contributed by atoms with E-state index in [1.54, 1.807) is 18.2 Å². The minimum atomic E-state index is -4.60. The molecule has 2 aromatic carbocycles. The molecule has 0 saturated carbocycles. The molecule has 3 rings (SSSR count). The average molecular weight is 451 g/mol. The van der Waals surface area contributed by atoms with Crippen molar-refractivity contribution in [1.82, 2.24) is 14.5 Å². The number of aliphatic hydroxyl groups excluding tert-OH is 1. The number of rotatable bonds is 11. The van der Waals surface area contributed by atoms with Crippen molar-refractivity contribution < 1.29 is 27.8 Å². The Kier molecular flexibility index (Phi) is 8.11. The maximum Gasteiger partial charge on any atom is 0.449 e. The van der Waals surface area contributed by atoms with Gasteiger partial charge in [-0.3, -0.25) is 4.90 Å². The summed E-state index contributed by atoms with van der Waals surface area (Å²) in [5.74, 6) is -0.261. The largest absolute Gasteiger partial charge is 0.491 e. The van der Waals surface area contributed by atoms with Crippen LogP contribution in [0.2, 0.25) is 0 Å². The number of para-hydroxylation sites is 2. The zero-order valence-corrected chi connectivity index (χ0v) is 18.2. The number of benzene rings is 2. The molecule has 1 N–H and O–H groups in total. The summed E-state index contributed by atoms with van der Waals surface area (Å²) in [4.78, 5) is 5.58. The van der Waals surface area contributed by atoms with Crippen molar-refractivity contribution in [3.8, 4) is 5.75 Å². The van der Waals surface area contributed by atoms with Gasteiger partial charge in [-0.05, 0) is 43.8 Å². The first-order chi connectivity index (χ1) is 15.3. The molecule has 32 heavy (non-hydrogen) atoms. The SMILES string of the molecule is CCOCCOc1ccc(CN(C)C[C@H](O)Cn2c(C(F)(F)F)nc3ccccc32)cc1. The number of hydrogen-bond donors (Lipinski definition) is 1. The van der Waals surface area contributed by atoms with Crippen LogP contribution in [0.15, 0.2) is 48.5 Å². The summed E-state index contributed by atoms with van der Waals surface area (Å²) in [6.45, 7) is 4.11. The molecule has 3 aromatic rings. The fourth-order valence-electron chi connectivity index (χ4n) is 3.54. The van der Waals surface area contributed by atoms with Crippen LogP contribution in [0.1, 0.15) is 18.3 Å². The Bertz CT molecular complexity index is 990. The molecule has 0 unspecified atom stereocenters. The van der Waals surface area contributed by atoms with Crippen LogP contribution in [0.5, 0.6) is 5.75 Å². The first-order valence-electron chi connectivity index (χ1n) is 10.5. The van der Waals surface area contributed by atoms with Gasteiger partial charge in [-0.2, -0.15) is 13.2 Å². The highest BCUT2D eigenvalue weighted by molar-refractivity contribution is 5.76. The quantitative estimate of drug-likeness (QED) is 0.447. The third-order valence-electron chi connectivity index (χ3n) is 4.90. The molecule has 0 saturated heterocycles. The lowest BCUT2D eigenvalue weighted by Gasteiger charge is -2.22. The number of imidazole rings is 1. The number of likely N-dealkylation sites (N-methyl/N-ethyl adjacent to an activating group) is 1. The van der Waals surface area contributed by atoms with E-state index in [1.807, 2.05) is 43.1 Å². The molecular weight excluding hydrogens is 423 g/mol. The van der Waals surface area contributed by atoms with Crippen molar-refractivity contribution in [2.75, 3.05) is 33.4 Å². The van der Waals surface area contributed by atoms with Crippen molar-refractivity contribution in [3.05, 3.63) is 59.9 Å². The number of hydrogen-bond acceptors (Lipinski definition) is 5. The van der Waals surface area contributed by atoms with E-state index in [2.05, 4.69) is 4.98 Å². The zero-order valence-electron chi connectivity index (χ0n) is 18.2. The number of nitrogens with zero attached hydrogens (tertiary/aromatic N) is 3. The molecule has 1 heterocycles. The first kappa shape index (κ1) is 24.0. The summed E-state index contributed by atoms with van der Waals surface area (Å²) in [5.41, 5.74) is 1.60. The minimum absolute atomic E-state index is 0.202. The lowest BCUT2D eigenvalue weighted by Crippen LogP contribution is -2.32. The summed E-state index contributed by atoms with van der Waals surface area (Å²) in [7, 11) is 1.81. The van der Waals surface area contributed by atoms with Gasteiger partial charge in [-0.25, -0.2) is 4.98 Å². The molecule has 0 amide bonds. The number of fused-ring (bicyclic) bond motifs is 1. The van der Waals surface area contributed by atoms with Crippen LogP contribution in [0.4, 0.5) is 13.2 Å². The van der Waals surface area contributed by atoms with Crippen LogP contribution in [-0.4, -0.2) is 59.1 Å². The summed E-state index contributed by atoms with van der Waals surface area (Å²) >= 11 is 0. The Morgan fingerprint density at radius 3 is 2.50 bits per heavy atom. The van der Waals surface area contributed by atoms with Gasteiger partial charge in [-0.15, -0.1) is 0 Å². The molecule has 0 fully saturated rings. The van der Waals surface area contributed by atoms with Crippen LogP contribution in [0.25, 0.3) is 11.0 Å². The van der Waals surface area contributed by atoms with Crippen LogP contribution < -0.4 is 4.74 Å². The van der Waals surface area contributed by atoms with E-state index in [-0.39, 0.29) is 18.6 Å². The molecule has 0 bridgehead atoms. The molecule has 6 nitrogen and oxygen atoms in total. The Morgan fingerprint density at radius 2 is 1.81 bits per heavy atom. The standard InChI is InChI=1S/C23H28F3N3O3/c1-3-31-12-13-32-19-10-8-17(9-11-19)14-28(2)15-18(30)16-29-21-7-5-4-6-20(21)27-22(29)23(24,25)26/h4-11,18,30H,3,12-16H2,1-2H3/t18-/m0/s1. The van der Waals surface area contributed by atoms with Crippen molar-refractivity contribution in [1.29, 1.82) is 0 Å². The topological polar surface area (TPSA) is 59.8 Å². The zero-order chi connectivity index (χ0) is 23.1. The second kappa shape index (κ2) is 10.8. The monoisotopic (exact) mass is 451 g/mol. The lowest BCUT2D eigenvalue weighted by atomic mass is 10.2. The van der Waals surface area contributed by atoms with Crippen molar-refractivity contribution in [2.45, 2.75) is 32.3 Å². The lowest BCUT2D eigenvalue weighted by molar-refractivity contribution is -0.147. The number of aliphatic hydroxyl groups is 1. The van der Waals surface area contributed by atoms with Crippen molar-refractivity contribution >= 4 is 11.0 Å². The second-order valence-electron chi connectivity index (χ2n) is 7.57. The molecule has 1 aromatic heterocycles. The second-order valence-corrected chi connectivity index (χ2v) is 7.57. The van der Waals surface area contributed by atoms with Crippen LogP contribution in [-0.2, 0) is 24.0 Å². The van der Waals surface area contributed by atoms with Crippen LogP contribution in [0, 0.1) is 0 Å². The van der Waals surface area contributed by atoms with E-state index >= 15 is 0 Å². The summed E-state index contributed by atoms with van der Waals surface area (Å²) in [6.07, 6.45) is -5.60. The number of halogens is 3. The van der Waals surface area contributed by atoms with Gasteiger partial charge in [0.15, 0.2) is 0 Å². The van der Waals surface area contributed by atoms with Gasteiger partial charge in [0.1, 0.15) is 12.4 Å². The number of ether oxygens (including phenoxy) is 2. The number of alkyl halides is 3. The van der Waals surface area contributed by atoms with E-state index in [0.717, 1.165) is 15.9 Å². The van der Waals surface area contributed by atoms with Crippen molar-refractivity contribution in [2.24, 2.45) is 0 Å². The molecule has 174 valence electrons. The Balaban J connectivity index is 1.58.